The van der Waals surface area contributed by atoms with Gasteiger partial charge in [0.15, 0.2) is 0 Å². The van der Waals surface area contributed by atoms with Crippen molar-refractivity contribution in [1.82, 2.24) is 4.98 Å². The second-order valence-electron chi connectivity index (χ2n) is 2.63. The van der Waals surface area contributed by atoms with E-state index in [0.29, 0.717) is 17.2 Å². The van der Waals surface area contributed by atoms with Crippen molar-refractivity contribution in [3.8, 4) is 0 Å². The molecule has 0 atom stereocenters. The Hall–Kier alpha value is -1.06. The minimum absolute atomic E-state index is 0.241. The zero-order valence-corrected chi connectivity index (χ0v) is 9.55. The Labute approximate surface area is 97.7 Å². The number of rotatable bonds is 3. The molecule has 3 nitrogen and oxygen atoms in total. The molecule has 1 rings (SSSR count). The predicted molar refractivity (Wildman–Crippen MR) is 59.9 cm³/mol. The van der Waals surface area contributed by atoms with E-state index < -0.39 is 5.97 Å². The molecule has 0 aliphatic rings. The Kier molecular flexibility index (Phi) is 4.59. The Morgan fingerprint density at radius 1 is 1.60 bits per heavy atom. The van der Waals surface area contributed by atoms with Gasteiger partial charge >= 0.3 is 5.97 Å². The van der Waals surface area contributed by atoms with Crippen LogP contribution in [0.4, 0.5) is 0 Å². The molecule has 0 unspecified atom stereocenters. The van der Waals surface area contributed by atoms with Gasteiger partial charge in [-0.2, -0.15) is 0 Å². The first-order valence-corrected chi connectivity index (χ1v) is 5.05. The lowest BCUT2D eigenvalue weighted by Gasteiger charge is -1.97. The maximum atomic E-state index is 11.0. The van der Waals surface area contributed by atoms with Gasteiger partial charge in [-0.15, -0.1) is 0 Å². The third-order valence-corrected chi connectivity index (χ3v) is 2.20. The minimum atomic E-state index is -0.399. The molecule has 1 aromatic rings. The van der Waals surface area contributed by atoms with Crippen molar-refractivity contribution in [2.75, 3.05) is 6.61 Å². The van der Waals surface area contributed by atoms with Crippen LogP contribution in [0.5, 0.6) is 0 Å². The molecular formula is C10H9Cl2NO2. The van der Waals surface area contributed by atoms with E-state index in [-0.39, 0.29) is 5.15 Å². The van der Waals surface area contributed by atoms with Crippen molar-refractivity contribution < 1.29 is 9.53 Å². The Balaban J connectivity index is 2.72. The molecule has 0 saturated carbocycles. The molecule has 0 bridgehead atoms. The molecule has 0 fully saturated rings. The topological polar surface area (TPSA) is 39.2 Å². The lowest BCUT2D eigenvalue weighted by molar-refractivity contribution is -0.137. The molecule has 0 aliphatic heterocycles. The maximum absolute atomic E-state index is 11.0. The number of esters is 1. The first-order chi connectivity index (χ1) is 7.13. The predicted octanol–water partition coefficient (Wildman–Crippen LogP) is 2.96. The van der Waals surface area contributed by atoms with Crippen LogP contribution in [0.3, 0.4) is 0 Å². The Morgan fingerprint density at radius 2 is 2.33 bits per heavy atom. The number of hydrogen-bond donors (Lipinski definition) is 0. The summed E-state index contributed by atoms with van der Waals surface area (Å²) < 4.78 is 4.71. The average Bonchev–Trinajstić information content (AvgIpc) is 2.20. The lowest BCUT2D eigenvalue weighted by atomic mass is 10.2. The standard InChI is InChI=1S/C10H9Cl2NO2/c1-2-15-9(14)4-3-7-5-8(11)10(12)13-6-7/h3-6H,2H2,1H3. The zero-order valence-electron chi connectivity index (χ0n) is 8.04. The number of nitrogens with zero attached hydrogens (tertiary/aromatic N) is 1. The Morgan fingerprint density at radius 3 is 2.93 bits per heavy atom. The highest BCUT2D eigenvalue weighted by Gasteiger charge is 1.99. The number of carbonyl (C=O) groups excluding carboxylic acids is 1. The zero-order chi connectivity index (χ0) is 11.3. The monoisotopic (exact) mass is 245 g/mol. The van der Waals surface area contributed by atoms with E-state index in [1.54, 1.807) is 19.1 Å². The molecule has 0 aromatic carbocycles. The van der Waals surface area contributed by atoms with Gasteiger partial charge in [-0.3, -0.25) is 0 Å². The van der Waals surface area contributed by atoms with Crippen LogP contribution in [-0.2, 0) is 9.53 Å². The van der Waals surface area contributed by atoms with E-state index in [0.717, 1.165) is 0 Å². The van der Waals surface area contributed by atoms with Crippen LogP contribution in [0.15, 0.2) is 18.3 Å². The summed E-state index contributed by atoms with van der Waals surface area (Å²) in [7, 11) is 0. The largest absolute Gasteiger partial charge is 0.463 e. The van der Waals surface area contributed by atoms with Gasteiger partial charge in [0.2, 0.25) is 0 Å². The SMILES string of the molecule is CCOC(=O)C=Cc1cnc(Cl)c(Cl)c1. The lowest BCUT2D eigenvalue weighted by Crippen LogP contribution is -1.98. The van der Waals surface area contributed by atoms with E-state index in [9.17, 15) is 4.79 Å². The molecule has 0 saturated heterocycles. The smallest absolute Gasteiger partial charge is 0.330 e. The number of pyridine rings is 1. The van der Waals surface area contributed by atoms with Gasteiger partial charge in [0.25, 0.3) is 0 Å². The van der Waals surface area contributed by atoms with Crippen LogP contribution < -0.4 is 0 Å². The second kappa shape index (κ2) is 5.73. The first-order valence-electron chi connectivity index (χ1n) is 4.29. The van der Waals surface area contributed by atoms with Crippen molar-refractivity contribution in [1.29, 1.82) is 0 Å². The molecule has 15 heavy (non-hydrogen) atoms. The van der Waals surface area contributed by atoms with Gasteiger partial charge in [-0.1, -0.05) is 23.2 Å². The van der Waals surface area contributed by atoms with Gasteiger partial charge in [0.1, 0.15) is 5.15 Å². The highest BCUT2D eigenvalue weighted by Crippen LogP contribution is 2.20. The summed E-state index contributed by atoms with van der Waals surface area (Å²) >= 11 is 11.4. The quantitative estimate of drug-likeness (QED) is 0.467. The Bertz CT molecular complexity index is 391. The number of aromatic nitrogens is 1. The van der Waals surface area contributed by atoms with Crippen LogP contribution in [0.25, 0.3) is 6.08 Å². The fraction of sp³-hybridized carbons (Fsp3) is 0.200. The van der Waals surface area contributed by atoms with E-state index in [1.807, 2.05) is 0 Å². The molecule has 0 amide bonds. The van der Waals surface area contributed by atoms with E-state index in [2.05, 4.69) is 4.98 Å². The summed E-state index contributed by atoms with van der Waals surface area (Å²) in [5.41, 5.74) is 0.692. The number of hydrogen-bond acceptors (Lipinski definition) is 3. The summed E-state index contributed by atoms with van der Waals surface area (Å²) in [5, 5.41) is 0.590. The highest BCUT2D eigenvalue weighted by molar-refractivity contribution is 6.41. The van der Waals surface area contributed by atoms with Crippen LogP contribution in [0, 0.1) is 0 Å². The van der Waals surface area contributed by atoms with Gasteiger partial charge < -0.3 is 4.74 Å². The first kappa shape index (κ1) is 12.0. The highest BCUT2D eigenvalue weighted by atomic mass is 35.5. The number of halogens is 2. The van der Waals surface area contributed by atoms with Crippen molar-refractivity contribution >= 4 is 35.2 Å². The van der Waals surface area contributed by atoms with Crippen molar-refractivity contribution in [3.63, 3.8) is 0 Å². The summed E-state index contributed by atoms with van der Waals surface area (Å²) in [6.07, 6.45) is 4.39. The van der Waals surface area contributed by atoms with E-state index in [4.69, 9.17) is 27.9 Å². The molecule has 1 heterocycles. The molecule has 0 radical (unpaired) electrons. The van der Waals surface area contributed by atoms with E-state index in [1.165, 1.54) is 12.3 Å². The second-order valence-corrected chi connectivity index (χ2v) is 3.39. The molecule has 5 heteroatoms. The molecule has 1 aromatic heterocycles. The summed E-state index contributed by atoms with van der Waals surface area (Å²) in [5.74, 6) is -0.399. The molecule has 0 spiro atoms. The third kappa shape index (κ3) is 3.90. The van der Waals surface area contributed by atoms with Crippen molar-refractivity contribution in [3.05, 3.63) is 34.1 Å². The molecule has 0 N–H and O–H groups in total. The fourth-order valence-corrected chi connectivity index (χ4v) is 1.16. The summed E-state index contributed by atoms with van der Waals surface area (Å²) in [6, 6.07) is 1.62. The maximum Gasteiger partial charge on any atom is 0.330 e. The third-order valence-electron chi connectivity index (χ3n) is 1.52. The normalized spacial score (nSPS) is 10.6. The van der Waals surface area contributed by atoms with Crippen LogP contribution in [-0.4, -0.2) is 17.6 Å². The average molecular weight is 246 g/mol. The van der Waals surface area contributed by atoms with E-state index >= 15 is 0 Å². The number of carbonyl (C=O) groups is 1. The van der Waals surface area contributed by atoms with Crippen LogP contribution >= 0.6 is 23.2 Å². The van der Waals surface area contributed by atoms with Gasteiger partial charge in [-0.25, -0.2) is 9.78 Å². The van der Waals surface area contributed by atoms with Crippen LogP contribution in [0.2, 0.25) is 10.2 Å². The summed E-state index contributed by atoms with van der Waals surface area (Å²) in [4.78, 5) is 14.8. The summed E-state index contributed by atoms with van der Waals surface area (Å²) in [6.45, 7) is 2.09. The minimum Gasteiger partial charge on any atom is -0.463 e. The van der Waals surface area contributed by atoms with Gasteiger partial charge in [0, 0.05) is 12.3 Å². The molecule has 0 aliphatic carbocycles. The van der Waals surface area contributed by atoms with Gasteiger partial charge in [-0.05, 0) is 24.6 Å². The fourth-order valence-electron chi connectivity index (χ4n) is 0.882. The van der Waals surface area contributed by atoms with Crippen molar-refractivity contribution in [2.24, 2.45) is 0 Å². The molecule has 80 valence electrons. The number of ether oxygens (including phenoxy) is 1. The van der Waals surface area contributed by atoms with Crippen LogP contribution in [0.1, 0.15) is 12.5 Å². The van der Waals surface area contributed by atoms with Gasteiger partial charge in [0.05, 0.1) is 11.6 Å². The molecular weight excluding hydrogens is 237 g/mol. The van der Waals surface area contributed by atoms with Crippen molar-refractivity contribution in [2.45, 2.75) is 6.92 Å².